The molecule has 4 N–H and O–H groups in total. The highest BCUT2D eigenvalue weighted by molar-refractivity contribution is 5.93. The number of aromatic nitrogens is 2. The molecular weight excluding hydrogens is 493 g/mol. The number of carboxylic acid groups (broad SMARTS) is 1. The van der Waals surface area contributed by atoms with Crippen molar-refractivity contribution in [2.24, 2.45) is 5.73 Å². The highest BCUT2D eigenvalue weighted by atomic mass is 19.1. The maximum Gasteiger partial charge on any atom is 0.343 e. The number of cyclic esters (lactones) is 1. The van der Waals surface area contributed by atoms with Crippen molar-refractivity contribution in [1.29, 1.82) is 0 Å². The SMILES string of the molecule is CC[C@@]1(O)C(=O)OCc2c1cc1n(c2=O)Cc2c-1nc1cc(F)c(C)c3c1c2C(CCCN)CC3.O=CO. The molecule has 1 unspecified atom stereocenters. The number of pyridine rings is 2. The van der Waals surface area contributed by atoms with Crippen LogP contribution < -0.4 is 11.3 Å². The summed E-state index contributed by atoms with van der Waals surface area (Å²) >= 11 is 0. The van der Waals surface area contributed by atoms with Crippen molar-refractivity contribution in [3.63, 3.8) is 0 Å². The van der Waals surface area contributed by atoms with E-state index in [1.807, 2.05) is 6.92 Å². The van der Waals surface area contributed by atoms with Gasteiger partial charge in [-0.25, -0.2) is 14.2 Å². The molecule has 4 heterocycles. The minimum absolute atomic E-state index is 0.0833. The molecule has 2 aliphatic heterocycles. The van der Waals surface area contributed by atoms with Crippen LogP contribution in [-0.2, 0) is 39.5 Å². The van der Waals surface area contributed by atoms with Crippen LogP contribution in [0.1, 0.15) is 71.9 Å². The van der Waals surface area contributed by atoms with Crippen molar-refractivity contribution < 1.29 is 28.9 Å². The first-order chi connectivity index (χ1) is 18.2. The number of nitrogens with two attached hydrogens (primary N) is 1. The van der Waals surface area contributed by atoms with Gasteiger partial charge in [-0.05, 0) is 74.2 Å². The molecule has 0 fully saturated rings. The Morgan fingerprint density at radius 2 is 2.03 bits per heavy atom. The second-order valence-electron chi connectivity index (χ2n) is 10.1. The summed E-state index contributed by atoms with van der Waals surface area (Å²) in [6.07, 6.45) is 3.55. The summed E-state index contributed by atoms with van der Waals surface area (Å²) in [5, 5.41) is 19.0. The number of carbonyl (C=O) groups excluding carboxylic acids is 1. The summed E-state index contributed by atoms with van der Waals surface area (Å²) in [5.74, 6) is -0.789. The minimum Gasteiger partial charge on any atom is -0.483 e. The zero-order valence-electron chi connectivity index (χ0n) is 21.3. The number of ether oxygens (including phenoxy) is 1. The molecule has 2 atom stereocenters. The minimum atomic E-state index is -1.88. The van der Waals surface area contributed by atoms with Gasteiger partial charge in [-0.1, -0.05) is 6.92 Å². The number of aliphatic hydroxyl groups is 1. The molecule has 10 heteroatoms. The number of rotatable bonds is 4. The summed E-state index contributed by atoms with van der Waals surface area (Å²) in [6, 6.07) is 3.20. The number of fused-ring (bicyclic) bond motifs is 5. The van der Waals surface area contributed by atoms with Crippen LogP contribution in [0.2, 0.25) is 0 Å². The third-order valence-electron chi connectivity index (χ3n) is 8.25. The molecule has 0 radical (unpaired) electrons. The Hall–Kier alpha value is -3.63. The van der Waals surface area contributed by atoms with Crippen molar-refractivity contribution in [3.8, 4) is 11.4 Å². The van der Waals surface area contributed by atoms with E-state index in [1.54, 1.807) is 17.6 Å². The van der Waals surface area contributed by atoms with Crippen LogP contribution >= 0.6 is 0 Å². The standard InChI is InChI=1S/C27H28FN3O4.CH2O2/c1-3-27(34)18-9-21-24-16(11-31(21)25(32)17(18)12-35-26(27)33)22-14(5-4-8-29)6-7-15-13(2)19(28)10-20(30-24)23(15)22;2-1-3/h9-10,14,34H,3-8,11-12,29H2,1-2H3;1H,(H,2,3)/t14?,27-;/m0./s1. The van der Waals surface area contributed by atoms with Crippen molar-refractivity contribution in [1.82, 2.24) is 9.55 Å². The van der Waals surface area contributed by atoms with Gasteiger partial charge in [0.1, 0.15) is 12.4 Å². The van der Waals surface area contributed by atoms with Crippen LogP contribution in [0, 0.1) is 12.7 Å². The average molecular weight is 524 g/mol. The molecule has 3 aliphatic rings. The fourth-order valence-corrected chi connectivity index (χ4v) is 6.30. The zero-order chi connectivity index (χ0) is 27.4. The number of carbonyl (C=O) groups is 2. The predicted molar refractivity (Wildman–Crippen MR) is 137 cm³/mol. The van der Waals surface area contributed by atoms with Crippen LogP contribution in [-0.4, -0.2) is 38.8 Å². The Morgan fingerprint density at radius 3 is 2.71 bits per heavy atom. The molecule has 0 amide bonds. The molecule has 6 rings (SSSR count). The van der Waals surface area contributed by atoms with Gasteiger partial charge in [0, 0.05) is 22.6 Å². The topological polar surface area (TPSA) is 145 Å². The lowest BCUT2D eigenvalue weighted by atomic mass is 9.76. The van der Waals surface area contributed by atoms with Gasteiger partial charge in [-0.2, -0.15) is 0 Å². The monoisotopic (exact) mass is 523 g/mol. The Balaban J connectivity index is 0.000000937. The number of halogens is 1. The smallest absolute Gasteiger partial charge is 0.343 e. The van der Waals surface area contributed by atoms with Crippen LogP contribution in [0.5, 0.6) is 0 Å². The maximum absolute atomic E-state index is 14.9. The van der Waals surface area contributed by atoms with E-state index < -0.39 is 11.6 Å². The molecule has 0 bridgehead atoms. The maximum atomic E-state index is 14.9. The number of nitrogens with zero attached hydrogens (tertiary/aromatic N) is 2. The Kier molecular flexibility index (Phi) is 6.56. The highest BCUT2D eigenvalue weighted by Crippen LogP contribution is 2.47. The number of benzene rings is 1. The lowest BCUT2D eigenvalue weighted by Crippen LogP contribution is -2.44. The van der Waals surface area contributed by atoms with E-state index in [0.29, 0.717) is 41.1 Å². The van der Waals surface area contributed by atoms with Crippen molar-refractivity contribution in [3.05, 3.63) is 61.7 Å². The molecule has 1 aromatic carbocycles. The molecule has 200 valence electrons. The molecule has 3 aromatic rings. The van der Waals surface area contributed by atoms with Crippen molar-refractivity contribution in [2.75, 3.05) is 6.54 Å². The second-order valence-corrected chi connectivity index (χ2v) is 10.1. The first-order valence-electron chi connectivity index (χ1n) is 12.8. The first-order valence-corrected chi connectivity index (χ1v) is 12.8. The molecule has 0 saturated heterocycles. The van der Waals surface area contributed by atoms with Crippen LogP contribution in [0.4, 0.5) is 4.39 Å². The van der Waals surface area contributed by atoms with E-state index in [9.17, 15) is 19.1 Å². The second kappa shape index (κ2) is 9.59. The van der Waals surface area contributed by atoms with E-state index >= 15 is 0 Å². The Morgan fingerprint density at radius 1 is 1.29 bits per heavy atom. The van der Waals surface area contributed by atoms with Gasteiger partial charge < -0.3 is 25.3 Å². The largest absolute Gasteiger partial charge is 0.483 e. The van der Waals surface area contributed by atoms with Gasteiger partial charge in [0.05, 0.1) is 29.0 Å². The highest BCUT2D eigenvalue weighted by Gasteiger charge is 2.45. The normalized spacial score (nSPS) is 20.7. The van der Waals surface area contributed by atoms with E-state index in [-0.39, 0.29) is 42.4 Å². The summed E-state index contributed by atoms with van der Waals surface area (Å²) < 4.78 is 21.7. The summed E-state index contributed by atoms with van der Waals surface area (Å²) in [6.45, 7) is 4.03. The van der Waals surface area contributed by atoms with Gasteiger partial charge in [-0.15, -0.1) is 0 Å². The molecular formula is C28H30FN3O6. The molecule has 1 aliphatic carbocycles. The van der Waals surface area contributed by atoms with Crippen LogP contribution in [0.15, 0.2) is 16.9 Å². The zero-order valence-corrected chi connectivity index (χ0v) is 21.3. The molecule has 2 aromatic heterocycles. The first kappa shape index (κ1) is 26.0. The van der Waals surface area contributed by atoms with E-state index in [2.05, 4.69) is 0 Å². The van der Waals surface area contributed by atoms with Crippen molar-refractivity contribution in [2.45, 2.75) is 70.6 Å². The molecule has 0 saturated carbocycles. The van der Waals surface area contributed by atoms with Gasteiger partial charge >= 0.3 is 5.97 Å². The van der Waals surface area contributed by atoms with Gasteiger partial charge in [0.25, 0.3) is 12.0 Å². The number of hydrogen-bond donors (Lipinski definition) is 3. The molecule has 9 nitrogen and oxygen atoms in total. The summed E-state index contributed by atoms with van der Waals surface area (Å²) in [4.78, 5) is 39.3. The Labute approximate surface area is 218 Å². The quantitative estimate of drug-likeness (QED) is 0.273. The third kappa shape index (κ3) is 3.65. The van der Waals surface area contributed by atoms with E-state index in [0.717, 1.165) is 47.8 Å². The summed E-state index contributed by atoms with van der Waals surface area (Å²) in [5.41, 5.74) is 9.77. The molecule has 0 spiro atoms. The number of aryl methyl sites for hydroxylation is 1. The summed E-state index contributed by atoms with van der Waals surface area (Å²) in [7, 11) is 0. The Bertz CT molecular complexity index is 1550. The lowest BCUT2D eigenvalue weighted by molar-refractivity contribution is -0.172. The number of esters is 1. The van der Waals surface area contributed by atoms with Crippen LogP contribution in [0.3, 0.4) is 0 Å². The third-order valence-corrected chi connectivity index (χ3v) is 8.25. The van der Waals surface area contributed by atoms with Gasteiger partial charge in [0.2, 0.25) is 0 Å². The van der Waals surface area contributed by atoms with Gasteiger partial charge in [-0.3, -0.25) is 9.59 Å². The van der Waals surface area contributed by atoms with Crippen molar-refractivity contribution >= 4 is 23.3 Å². The van der Waals surface area contributed by atoms with E-state index in [1.165, 1.54) is 6.07 Å². The average Bonchev–Trinajstić information content (AvgIpc) is 3.28. The fraction of sp³-hybridized carbons (Fsp3) is 0.429. The fourth-order valence-electron chi connectivity index (χ4n) is 6.30. The lowest BCUT2D eigenvalue weighted by Gasteiger charge is -2.31. The molecule has 38 heavy (non-hydrogen) atoms. The number of hydrogen-bond acceptors (Lipinski definition) is 7. The van der Waals surface area contributed by atoms with E-state index in [4.69, 9.17) is 25.4 Å². The van der Waals surface area contributed by atoms with Gasteiger partial charge in [0.15, 0.2) is 5.60 Å². The van der Waals surface area contributed by atoms with Crippen LogP contribution in [0.25, 0.3) is 22.3 Å². The predicted octanol–water partition coefficient (Wildman–Crippen LogP) is 3.00.